The number of anilines is 1. The first-order valence-electron chi connectivity index (χ1n) is 5.62. The first-order valence-corrected chi connectivity index (χ1v) is 6.05. The fourth-order valence-corrected chi connectivity index (χ4v) is 1.62. The molecule has 1 aromatic rings. The molecule has 1 N–H and O–H groups in total. The van der Waals surface area contributed by atoms with Gasteiger partial charge in [-0.2, -0.15) is 0 Å². The molecular weight excluding hydrogens is 206 g/mol. The molecule has 0 bridgehead atoms. The molecule has 0 aromatic heterocycles. The van der Waals surface area contributed by atoms with Crippen molar-refractivity contribution in [1.29, 1.82) is 0 Å². The summed E-state index contributed by atoms with van der Waals surface area (Å²) in [6.45, 7) is 7.48. The summed E-state index contributed by atoms with van der Waals surface area (Å²) in [6, 6.07) is 8.25. The van der Waals surface area contributed by atoms with Gasteiger partial charge in [-0.15, -0.1) is 11.6 Å². The van der Waals surface area contributed by atoms with Gasteiger partial charge in [0.25, 0.3) is 0 Å². The van der Waals surface area contributed by atoms with Crippen molar-refractivity contribution >= 4 is 17.3 Å². The fraction of sp³-hybridized carbons (Fsp3) is 0.538. The zero-order valence-electron chi connectivity index (χ0n) is 9.76. The summed E-state index contributed by atoms with van der Waals surface area (Å²) < 4.78 is 0. The fourth-order valence-electron chi connectivity index (χ4n) is 1.43. The van der Waals surface area contributed by atoms with E-state index in [2.05, 4.69) is 31.3 Å². The van der Waals surface area contributed by atoms with Crippen LogP contribution in [0.2, 0.25) is 0 Å². The van der Waals surface area contributed by atoms with Crippen molar-refractivity contribution in [3.63, 3.8) is 0 Å². The van der Waals surface area contributed by atoms with Crippen LogP contribution >= 0.6 is 11.6 Å². The molecule has 0 heterocycles. The molecule has 2 unspecified atom stereocenters. The molecule has 2 atom stereocenters. The van der Waals surface area contributed by atoms with Crippen molar-refractivity contribution in [2.24, 2.45) is 5.92 Å². The van der Waals surface area contributed by atoms with Gasteiger partial charge in [-0.05, 0) is 24.5 Å². The van der Waals surface area contributed by atoms with E-state index in [-0.39, 0.29) is 5.38 Å². The number of hydrogen-bond acceptors (Lipinski definition) is 1. The Labute approximate surface area is 97.8 Å². The van der Waals surface area contributed by atoms with Gasteiger partial charge in [0, 0.05) is 12.2 Å². The Morgan fingerprint density at radius 1 is 1.27 bits per heavy atom. The van der Waals surface area contributed by atoms with Crippen LogP contribution in [0.3, 0.4) is 0 Å². The zero-order chi connectivity index (χ0) is 11.3. The molecule has 15 heavy (non-hydrogen) atoms. The van der Waals surface area contributed by atoms with Gasteiger partial charge in [-0.1, -0.05) is 38.5 Å². The van der Waals surface area contributed by atoms with E-state index in [9.17, 15) is 0 Å². The van der Waals surface area contributed by atoms with Gasteiger partial charge in [0.1, 0.15) is 0 Å². The van der Waals surface area contributed by atoms with E-state index in [0.717, 1.165) is 6.54 Å². The third-order valence-corrected chi connectivity index (χ3v) is 2.96. The summed E-state index contributed by atoms with van der Waals surface area (Å²) in [5.74, 6) is 0.698. The number of halogens is 1. The maximum Gasteiger partial charge on any atom is 0.0577 e. The Kier molecular flexibility index (Phi) is 4.97. The van der Waals surface area contributed by atoms with Crippen LogP contribution < -0.4 is 5.32 Å². The normalized spacial score (nSPS) is 14.7. The molecule has 1 nitrogen and oxygen atoms in total. The molecule has 0 radical (unpaired) electrons. The summed E-state index contributed by atoms with van der Waals surface area (Å²) in [5, 5.41) is 3.52. The van der Waals surface area contributed by atoms with Crippen LogP contribution in [-0.4, -0.2) is 6.54 Å². The van der Waals surface area contributed by atoms with Gasteiger partial charge in [-0.3, -0.25) is 0 Å². The highest BCUT2D eigenvalue weighted by Gasteiger charge is 2.07. The average Bonchev–Trinajstić information content (AvgIpc) is 2.26. The van der Waals surface area contributed by atoms with Gasteiger partial charge in [0.15, 0.2) is 0 Å². The van der Waals surface area contributed by atoms with Gasteiger partial charge in [0.2, 0.25) is 0 Å². The average molecular weight is 226 g/mol. The smallest absolute Gasteiger partial charge is 0.0577 e. The number of alkyl halides is 1. The Balaban J connectivity index is 2.67. The van der Waals surface area contributed by atoms with Crippen molar-refractivity contribution < 1.29 is 0 Å². The predicted molar refractivity (Wildman–Crippen MR) is 68.7 cm³/mol. The number of benzene rings is 1. The maximum absolute atomic E-state index is 6.12. The van der Waals surface area contributed by atoms with Crippen LogP contribution in [0.15, 0.2) is 24.3 Å². The van der Waals surface area contributed by atoms with Crippen molar-refractivity contribution in [2.75, 3.05) is 11.9 Å². The largest absolute Gasteiger partial charge is 0.385 e. The summed E-state index contributed by atoms with van der Waals surface area (Å²) >= 11 is 6.12. The second-order valence-electron chi connectivity index (χ2n) is 4.10. The highest BCUT2D eigenvalue weighted by Crippen LogP contribution is 2.27. The zero-order valence-corrected chi connectivity index (χ0v) is 10.5. The Bertz CT molecular complexity index is 296. The second-order valence-corrected chi connectivity index (χ2v) is 4.75. The molecule has 0 aliphatic heterocycles. The lowest BCUT2D eigenvalue weighted by Crippen LogP contribution is -2.11. The summed E-state index contributed by atoms with van der Waals surface area (Å²) in [6.07, 6.45) is 1.20. The van der Waals surface area contributed by atoms with E-state index in [1.165, 1.54) is 17.7 Å². The van der Waals surface area contributed by atoms with E-state index in [1.807, 2.05) is 19.1 Å². The number of nitrogens with one attached hydrogen (secondary N) is 1. The van der Waals surface area contributed by atoms with Crippen LogP contribution in [0.1, 0.15) is 38.1 Å². The van der Waals surface area contributed by atoms with Crippen molar-refractivity contribution in [2.45, 2.75) is 32.6 Å². The van der Waals surface area contributed by atoms with Gasteiger partial charge >= 0.3 is 0 Å². The molecule has 84 valence electrons. The minimum absolute atomic E-state index is 0.0608. The summed E-state index contributed by atoms with van der Waals surface area (Å²) in [5.41, 5.74) is 2.35. The first kappa shape index (κ1) is 12.4. The van der Waals surface area contributed by atoms with E-state index in [1.54, 1.807) is 0 Å². The van der Waals surface area contributed by atoms with Crippen LogP contribution in [0.5, 0.6) is 0 Å². The third-order valence-electron chi connectivity index (χ3n) is 2.73. The maximum atomic E-state index is 6.12. The molecule has 0 spiro atoms. The van der Waals surface area contributed by atoms with Crippen LogP contribution in [-0.2, 0) is 0 Å². The van der Waals surface area contributed by atoms with Crippen molar-refractivity contribution in [1.82, 2.24) is 0 Å². The Hall–Kier alpha value is -0.690. The van der Waals surface area contributed by atoms with E-state index >= 15 is 0 Å². The third kappa shape index (κ3) is 3.75. The van der Waals surface area contributed by atoms with Gasteiger partial charge in [0.05, 0.1) is 5.38 Å². The topological polar surface area (TPSA) is 12.0 Å². The summed E-state index contributed by atoms with van der Waals surface area (Å²) in [4.78, 5) is 0. The van der Waals surface area contributed by atoms with Crippen LogP contribution in [0.4, 0.5) is 5.69 Å². The molecule has 2 heteroatoms. The van der Waals surface area contributed by atoms with Crippen LogP contribution in [0.25, 0.3) is 0 Å². The highest BCUT2D eigenvalue weighted by molar-refractivity contribution is 6.21. The molecule has 0 aliphatic carbocycles. The van der Waals surface area contributed by atoms with Gasteiger partial charge < -0.3 is 5.32 Å². The molecular formula is C13H20ClN. The number of para-hydroxylation sites is 1. The van der Waals surface area contributed by atoms with E-state index in [0.29, 0.717) is 5.92 Å². The lowest BCUT2D eigenvalue weighted by molar-refractivity contribution is 0.593. The Morgan fingerprint density at radius 3 is 2.53 bits per heavy atom. The van der Waals surface area contributed by atoms with E-state index in [4.69, 9.17) is 11.6 Å². The first-order chi connectivity index (χ1) is 7.15. The number of rotatable bonds is 5. The van der Waals surface area contributed by atoms with Crippen molar-refractivity contribution in [3.05, 3.63) is 29.8 Å². The standard InChI is InChI=1S/C13H20ClN/c1-4-10(2)9-15-13-8-6-5-7-12(13)11(3)14/h5-8,10-11,15H,4,9H2,1-3H3. The van der Waals surface area contributed by atoms with Crippen LogP contribution in [0, 0.1) is 5.92 Å². The molecule has 0 fully saturated rings. The molecule has 0 saturated heterocycles. The molecule has 0 saturated carbocycles. The second kappa shape index (κ2) is 6.02. The molecule has 0 aliphatic rings. The molecule has 1 aromatic carbocycles. The summed E-state index contributed by atoms with van der Waals surface area (Å²) in [7, 11) is 0. The van der Waals surface area contributed by atoms with Gasteiger partial charge in [-0.25, -0.2) is 0 Å². The minimum atomic E-state index is 0.0608. The molecule has 1 rings (SSSR count). The minimum Gasteiger partial charge on any atom is -0.385 e. The SMILES string of the molecule is CCC(C)CNc1ccccc1C(C)Cl. The lowest BCUT2D eigenvalue weighted by atomic mass is 10.1. The quantitative estimate of drug-likeness (QED) is 0.731. The molecule has 0 amide bonds. The number of hydrogen-bond donors (Lipinski definition) is 1. The predicted octanol–water partition coefficient (Wildman–Crippen LogP) is 4.44. The highest BCUT2D eigenvalue weighted by atomic mass is 35.5. The van der Waals surface area contributed by atoms with Crippen molar-refractivity contribution in [3.8, 4) is 0 Å². The monoisotopic (exact) mass is 225 g/mol. The van der Waals surface area contributed by atoms with E-state index < -0.39 is 0 Å². The Morgan fingerprint density at radius 2 is 1.93 bits per heavy atom. The lowest BCUT2D eigenvalue weighted by Gasteiger charge is -2.16.